The Bertz CT molecular complexity index is 680. The Morgan fingerprint density at radius 1 is 1.33 bits per heavy atom. The van der Waals surface area contributed by atoms with E-state index in [9.17, 15) is 10.1 Å². The van der Waals surface area contributed by atoms with Crippen molar-refractivity contribution in [2.75, 3.05) is 12.4 Å². The Kier molecular flexibility index (Phi) is 4.82. The summed E-state index contributed by atoms with van der Waals surface area (Å²) < 4.78 is 5.48. The van der Waals surface area contributed by atoms with Crippen molar-refractivity contribution in [1.29, 1.82) is 0 Å². The normalized spacial score (nSPS) is 10.2. The molecule has 0 amide bonds. The highest BCUT2D eigenvalue weighted by atomic mass is 35.5. The van der Waals surface area contributed by atoms with E-state index in [0.29, 0.717) is 5.82 Å². The number of hydrogen-bond donors (Lipinski definition) is 1. The number of halogens is 2. The molecule has 0 unspecified atom stereocenters. The lowest BCUT2D eigenvalue weighted by atomic mass is 10.2. The van der Waals surface area contributed by atoms with Crippen LogP contribution in [0.2, 0.25) is 10.0 Å². The minimum Gasteiger partial charge on any atom is -0.482 e. The van der Waals surface area contributed by atoms with Gasteiger partial charge in [-0.05, 0) is 17.7 Å². The lowest BCUT2D eigenvalue weighted by Crippen LogP contribution is -2.01. The standard InChI is InChI=1S/C13H11Cl2N3O3/c1-16-13-4-8(2-3-17-13)7-21-12-6-10(15)9(14)5-11(12)18(19)20/h2-6H,7H2,1H3,(H,16,17). The summed E-state index contributed by atoms with van der Waals surface area (Å²) in [6.07, 6.45) is 1.62. The van der Waals surface area contributed by atoms with Crippen LogP contribution in [-0.4, -0.2) is 17.0 Å². The van der Waals surface area contributed by atoms with E-state index in [2.05, 4.69) is 10.3 Å². The molecule has 6 nitrogen and oxygen atoms in total. The van der Waals surface area contributed by atoms with Gasteiger partial charge in [0.05, 0.1) is 15.0 Å². The minimum atomic E-state index is -0.566. The molecule has 0 saturated heterocycles. The summed E-state index contributed by atoms with van der Waals surface area (Å²) in [5.41, 5.74) is 0.585. The van der Waals surface area contributed by atoms with Gasteiger partial charge in [-0.25, -0.2) is 4.98 Å². The van der Waals surface area contributed by atoms with Gasteiger partial charge in [0, 0.05) is 25.4 Å². The largest absolute Gasteiger partial charge is 0.482 e. The lowest BCUT2D eigenvalue weighted by Gasteiger charge is -2.09. The molecule has 1 N–H and O–H groups in total. The molecule has 1 aromatic heterocycles. The SMILES string of the molecule is CNc1cc(COc2cc(Cl)c(Cl)cc2[N+](=O)[O-])ccn1. The maximum Gasteiger partial charge on any atom is 0.312 e. The average Bonchev–Trinajstić information content (AvgIpc) is 2.48. The fourth-order valence-corrected chi connectivity index (χ4v) is 1.95. The van der Waals surface area contributed by atoms with Gasteiger partial charge in [0.2, 0.25) is 0 Å². The van der Waals surface area contributed by atoms with Gasteiger partial charge >= 0.3 is 5.69 Å². The molecule has 0 atom stereocenters. The molecule has 1 heterocycles. The van der Waals surface area contributed by atoms with Gasteiger partial charge in [0.1, 0.15) is 12.4 Å². The third-order valence-corrected chi connectivity index (χ3v) is 3.40. The van der Waals surface area contributed by atoms with Crippen LogP contribution in [0.3, 0.4) is 0 Å². The zero-order chi connectivity index (χ0) is 15.4. The van der Waals surface area contributed by atoms with Crippen LogP contribution in [0.1, 0.15) is 5.56 Å². The summed E-state index contributed by atoms with van der Waals surface area (Å²) in [5.74, 6) is 0.747. The van der Waals surface area contributed by atoms with Crippen molar-refractivity contribution in [3.63, 3.8) is 0 Å². The summed E-state index contributed by atoms with van der Waals surface area (Å²) in [6.45, 7) is 0.149. The molecule has 21 heavy (non-hydrogen) atoms. The van der Waals surface area contributed by atoms with Gasteiger partial charge in [-0.2, -0.15) is 0 Å². The summed E-state index contributed by atoms with van der Waals surface area (Å²) >= 11 is 11.6. The second-order valence-electron chi connectivity index (χ2n) is 4.08. The average molecular weight is 328 g/mol. The van der Waals surface area contributed by atoms with Gasteiger partial charge in [-0.1, -0.05) is 23.2 Å². The molecule has 1 aromatic carbocycles. The monoisotopic (exact) mass is 327 g/mol. The summed E-state index contributed by atoms with van der Waals surface area (Å²) in [5, 5.41) is 14.2. The molecular weight excluding hydrogens is 317 g/mol. The van der Waals surface area contributed by atoms with Crippen molar-refractivity contribution in [2.45, 2.75) is 6.61 Å². The number of aromatic nitrogens is 1. The first-order chi connectivity index (χ1) is 10.0. The highest BCUT2D eigenvalue weighted by molar-refractivity contribution is 6.42. The molecule has 2 rings (SSSR count). The number of nitro benzene ring substituents is 1. The summed E-state index contributed by atoms with van der Waals surface area (Å²) in [6, 6.07) is 6.04. The molecule has 0 fully saturated rings. The molecule has 0 bridgehead atoms. The zero-order valence-corrected chi connectivity index (χ0v) is 12.5. The molecule has 0 aliphatic carbocycles. The maximum absolute atomic E-state index is 11.0. The first-order valence-corrected chi connectivity index (χ1v) is 6.65. The molecule has 2 aromatic rings. The predicted octanol–water partition coefficient (Wildman–Crippen LogP) is 3.92. The van der Waals surface area contributed by atoms with Gasteiger partial charge in [-0.3, -0.25) is 10.1 Å². The lowest BCUT2D eigenvalue weighted by molar-refractivity contribution is -0.385. The summed E-state index contributed by atoms with van der Waals surface area (Å²) in [4.78, 5) is 14.5. The molecule has 8 heteroatoms. The first kappa shape index (κ1) is 15.3. The maximum atomic E-state index is 11.0. The van der Waals surface area contributed by atoms with Crippen LogP contribution in [0.25, 0.3) is 0 Å². The summed E-state index contributed by atoms with van der Waals surface area (Å²) in [7, 11) is 1.75. The molecule has 110 valence electrons. The van der Waals surface area contributed by atoms with E-state index in [1.807, 2.05) is 0 Å². The third kappa shape index (κ3) is 3.74. The van der Waals surface area contributed by atoms with Crippen LogP contribution in [0.4, 0.5) is 11.5 Å². The van der Waals surface area contributed by atoms with E-state index >= 15 is 0 Å². The third-order valence-electron chi connectivity index (χ3n) is 2.67. The molecule has 0 aliphatic rings. The zero-order valence-electron chi connectivity index (χ0n) is 11.0. The van der Waals surface area contributed by atoms with E-state index in [1.54, 1.807) is 25.4 Å². The van der Waals surface area contributed by atoms with Crippen LogP contribution >= 0.6 is 23.2 Å². The van der Waals surface area contributed by atoms with Gasteiger partial charge in [0.15, 0.2) is 5.75 Å². The van der Waals surface area contributed by atoms with E-state index in [0.717, 1.165) is 5.56 Å². The van der Waals surface area contributed by atoms with Crippen LogP contribution in [0.15, 0.2) is 30.5 Å². The number of pyridine rings is 1. The molecule has 0 saturated carbocycles. The Balaban J connectivity index is 2.22. The Labute approximate surface area is 130 Å². The van der Waals surface area contributed by atoms with Crippen LogP contribution in [0, 0.1) is 10.1 Å². The van der Waals surface area contributed by atoms with Crippen molar-refractivity contribution in [1.82, 2.24) is 4.98 Å². The number of nitrogens with one attached hydrogen (secondary N) is 1. The van der Waals surface area contributed by atoms with Crippen molar-refractivity contribution in [3.8, 4) is 5.75 Å². The number of anilines is 1. The van der Waals surface area contributed by atoms with E-state index in [-0.39, 0.29) is 28.1 Å². The predicted molar refractivity (Wildman–Crippen MR) is 81.2 cm³/mol. The first-order valence-electron chi connectivity index (χ1n) is 5.90. The molecule has 0 aliphatic heterocycles. The highest BCUT2D eigenvalue weighted by Crippen LogP contribution is 2.36. The second-order valence-corrected chi connectivity index (χ2v) is 4.89. The number of nitrogens with zero attached hydrogens (tertiary/aromatic N) is 2. The van der Waals surface area contributed by atoms with Gasteiger partial charge < -0.3 is 10.1 Å². The van der Waals surface area contributed by atoms with Gasteiger partial charge in [0.25, 0.3) is 0 Å². The number of hydrogen-bond acceptors (Lipinski definition) is 5. The minimum absolute atomic E-state index is 0.0669. The topological polar surface area (TPSA) is 77.3 Å². The van der Waals surface area contributed by atoms with E-state index in [1.165, 1.54) is 12.1 Å². The van der Waals surface area contributed by atoms with Crippen molar-refractivity contribution >= 4 is 34.7 Å². The molecule has 0 spiro atoms. The Morgan fingerprint density at radius 2 is 2.05 bits per heavy atom. The quantitative estimate of drug-likeness (QED) is 0.665. The van der Waals surface area contributed by atoms with Gasteiger partial charge in [-0.15, -0.1) is 0 Å². The Morgan fingerprint density at radius 3 is 2.71 bits per heavy atom. The van der Waals surface area contributed by atoms with Crippen LogP contribution < -0.4 is 10.1 Å². The Hall–Kier alpha value is -2.05. The second kappa shape index (κ2) is 6.60. The smallest absolute Gasteiger partial charge is 0.312 e. The fraction of sp³-hybridized carbons (Fsp3) is 0.154. The number of benzene rings is 1. The number of ether oxygens (including phenoxy) is 1. The van der Waals surface area contributed by atoms with Crippen LogP contribution in [-0.2, 0) is 6.61 Å². The van der Waals surface area contributed by atoms with Crippen molar-refractivity contribution < 1.29 is 9.66 Å². The molecule has 0 radical (unpaired) electrons. The van der Waals surface area contributed by atoms with Crippen molar-refractivity contribution in [2.24, 2.45) is 0 Å². The molecular formula is C13H11Cl2N3O3. The van der Waals surface area contributed by atoms with E-state index in [4.69, 9.17) is 27.9 Å². The fourth-order valence-electron chi connectivity index (χ4n) is 1.64. The van der Waals surface area contributed by atoms with E-state index < -0.39 is 4.92 Å². The highest BCUT2D eigenvalue weighted by Gasteiger charge is 2.18. The number of rotatable bonds is 5. The van der Waals surface area contributed by atoms with Crippen LogP contribution in [0.5, 0.6) is 5.75 Å². The van der Waals surface area contributed by atoms with Crippen molar-refractivity contribution in [3.05, 3.63) is 56.2 Å². The number of nitro groups is 1.